The normalized spacial score (nSPS) is 12.3. The topological polar surface area (TPSA) is 89.5 Å². The average molecular weight is 416 g/mol. The van der Waals surface area contributed by atoms with Gasteiger partial charge in [-0.25, -0.2) is 13.2 Å². The minimum Gasteiger partial charge on any atom is -0.449 e. The minimum atomic E-state index is -3.36. The molecule has 0 saturated heterocycles. The van der Waals surface area contributed by atoms with Gasteiger partial charge in [0.1, 0.15) is 0 Å². The van der Waals surface area contributed by atoms with Crippen LogP contribution in [0.25, 0.3) is 0 Å². The molecule has 0 saturated carbocycles. The maximum Gasteiger partial charge on any atom is 0.338 e. The number of rotatable bonds is 5. The number of halogens is 2. The molecule has 0 aromatic heterocycles. The number of carbonyl (C=O) groups is 2. The van der Waals surface area contributed by atoms with Crippen molar-refractivity contribution in [3.8, 4) is 0 Å². The van der Waals surface area contributed by atoms with Gasteiger partial charge in [-0.05, 0) is 49.4 Å². The number of anilines is 1. The van der Waals surface area contributed by atoms with Crippen LogP contribution in [0.5, 0.6) is 0 Å². The number of nitrogens with one attached hydrogen (secondary N) is 1. The number of benzene rings is 2. The minimum absolute atomic E-state index is 0.0791. The van der Waals surface area contributed by atoms with E-state index in [-0.39, 0.29) is 15.5 Å². The number of carbonyl (C=O) groups excluding carboxylic acids is 2. The summed E-state index contributed by atoms with van der Waals surface area (Å²) in [6.07, 6.45) is -0.0413. The second kappa shape index (κ2) is 8.07. The van der Waals surface area contributed by atoms with Crippen LogP contribution in [0.3, 0.4) is 0 Å². The molecule has 1 atom stereocenters. The smallest absolute Gasteiger partial charge is 0.338 e. The predicted molar refractivity (Wildman–Crippen MR) is 99.5 cm³/mol. The van der Waals surface area contributed by atoms with Crippen LogP contribution in [0.4, 0.5) is 5.69 Å². The Bertz CT molecular complexity index is 942. The summed E-state index contributed by atoms with van der Waals surface area (Å²) in [6.45, 7) is 1.40. The molecule has 0 radical (unpaired) electrons. The van der Waals surface area contributed by atoms with Crippen LogP contribution in [0.1, 0.15) is 17.3 Å². The molecule has 26 heavy (non-hydrogen) atoms. The Balaban J connectivity index is 2.04. The van der Waals surface area contributed by atoms with Gasteiger partial charge in [-0.1, -0.05) is 23.2 Å². The molecule has 0 unspecified atom stereocenters. The van der Waals surface area contributed by atoms with Crippen LogP contribution >= 0.6 is 23.2 Å². The second-order valence-corrected chi connectivity index (χ2v) is 8.32. The van der Waals surface area contributed by atoms with Gasteiger partial charge in [0, 0.05) is 11.3 Å². The third-order valence-electron chi connectivity index (χ3n) is 3.36. The molecule has 138 valence electrons. The second-order valence-electron chi connectivity index (χ2n) is 5.46. The Morgan fingerprint density at radius 2 is 1.69 bits per heavy atom. The zero-order valence-corrected chi connectivity index (χ0v) is 16.2. The monoisotopic (exact) mass is 415 g/mol. The quantitative estimate of drug-likeness (QED) is 0.753. The summed E-state index contributed by atoms with van der Waals surface area (Å²) in [4.78, 5) is 24.3. The van der Waals surface area contributed by atoms with Crippen LogP contribution in [-0.4, -0.2) is 32.7 Å². The van der Waals surface area contributed by atoms with Crippen LogP contribution in [-0.2, 0) is 19.4 Å². The predicted octanol–water partition coefficient (Wildman–Crippen LogP) is 3.58. The van der Waals surface area contributed by atoms with Gasteiger partial charge in [0.25, 0.3) is 5.91 Å². The van der Waals surface area contributed by atoms with Crippen molar-refractivity contribution in [1.29, 1.82) is 0 Å². The molecule has 1 N–H and O–H groups in total. The van der Waals surface area contributed by atoms with E-state index in [0.29, 0.717) is 10.7 Å². The fraction of sp³-hybridized carbons (Fsp3) is 0.176. The molecule has 0 aliphatic heterocycles. The van der Waals surface area contributed by atoms with Gasteiger partial charge in [-0.2, -0.15) is 0 Å². The molecule has 0 aliphatic rings. The van der Waals surface area contributed by atoms with Crippen molar-refractivity contribution in [2.75, 3.05) is 11.6 Å². The average Bonchev–Trinajstić information content (AvgIpc) is 2.57. The third kappa shape index (κ3) is 5.20. The fourth-order valence-electron chi connectivity index (χ4n) is 1.95. The molecule has 2 aromatic rings. The maximum absolute atomic E-state index is 12.2. The lowest BCUT2D eigenvalue weighted by Crippen LogP contribution is -2.30. The van der Waals surface area contributed by atoms with Crippen LogP contribution in [0.2, 0.25) is 10.0 Å². The van der Waals surface area contributed by atoms with E-state index < -0.39 is 27.8 Å². The molecular formula is C17H15Cl2NO5S. The van der Waals surface area contributed by atoms with E-state index in [1.807, 2.05) is 0 Å². The highest BCUT2D eigenvalue weighted by atomic mass is 35.5. The summed E-state index contributed by atoms with van der Waals surface area (Å²) >= 11 is 11.8. The molecule has 6 nitrogen and oxygen atoms in total. The summed E-state index contributed by atoms with van der Waals surface area (Å²) in [5.41, 5.74) is 0.419. The zero-order chi connectivity index (χ0) is 19.5. The lowest BCUT2D eigenvalue weighted by atomic mass is 10.2. The number of sulfone groups is 1. The molecule has 2 rings (SSSR count). The molecule has 9 heteroatoms. The molecule has 1 amide bonds. The van der Waals surface area contributed by atoms with Crippen molar-refractivity contribution >= 4 is 50.6 Å². The van der Waals surface area contributed by atoms with E-state index in [4.69, 9.17) is 27.9 Å². The van der Waals surface area contributed by atoms with Crippen molar-refractivity contribution in [3.05, 3.63) is 58.1 Å². The summed E-state index contributed by atoms with van der Waals surface area (Å²) in [7, 11) is -3.36. The van der Waals surface area contributed by atoms with Gasteiger partial charge >= 0.3 is 5.97 Å². The maximum atomic E-state index is 12.2. The number of amides is 1. The number of esters is 1. The van der Waals surface area contributed by atoms with E-state index in [0.717, 1.165) is 6.26 Å². The fourth-order valence-corrected chi connectivity index (χ4v) is 2.92. The third-order valence-corrected chi connectivity index (χ3v) is 5.05. The largest absolute Gasteiger partial charge is 0.449 e. The van der Waals surface area contributed by atoms with Gasteiger partial charge in [0.15, 0.2) is 15.9 Å². The Labute approximate surface area is 161 Å². The van der Waals surface area contributed by atoms with Gasteiger partial charge in [0.2, 0.25) is 0 Å². The standard InChI is InChI=1S/C17H15Cl2NO5S/c1-10(16(21)20-15-9-12(18)5-8-14(15)19)25-17(22)11-3-6-13(7-4-11)26(2,23)24/h3-10H,1-2H3,(H,20,21)/t10-/m1/s1. The summed E-state index contributed by atoms with van der Waals surface area (Å²) in [5, 5.41) is 3.20. The van der Waals surface area contributed by atoms with Gasteiger partial charge in [-0.15, -0.1) is 0 Å². The van der Waals surface area contributed by atoms with Gasteiger partial charge in [0.05, 0.1) is 21.2 Å². The highest BCUT2D eigenvalue weighted by molar-refractivity contribution is 7.90. The lowest BCUT2D eigenvalue weighted by molar-refractivity contribution is -0.123. The molecule has 0 aliphatic carbocycles. The lowest BCUT2D eigenvalue weighted by Gasteiger charge is -2.14. The van der Waals surface area contributed by atoms with E-state index >= 15 is 0 Å². The number of ether oxygens (including phenoxy) is 1. The highest BCUT2D eigenvalue weighted by Crippen LogP contribution is 2.25. The first-order valence-corrected chi connectivity index (χ1v) is 9.99. The Hall–Kier alpha value is -2.09. The van der Waals surface area contributed by atoms with E-state index in [1.165, 1.54) is 43.3 Å². The Morgan fingerprint density at radius 3 is 2.27 bits per heavy atom. The summed E-state index contributed by atoms with van der Waals surface area (Å²) in [6, 6.07) is 9.79. The van der Waals surface area contributed by atoms with Crippen molar-refractivity contribution in [2.45, 2.75) is 17.9 Å². The number of hydrogen-bond donors (Lipinski definition) is 1. The van der Waals surface area contributed by atoms with E-state index in [9.17, 15) is 18.0 Å². The van der Waals surface area contributed by atoms with Crippen LogP contribution in [0, 0.1) is 0 Å². The first kappa shape index (κ1) is 20.2. The zero-order valence-electron chi connectivity index (χ0n) is 13.8. The molecular weight excluding hydrogens is 401 g/mol. The van der Waals surface area contributed by atoms with Gasteiger partial charge in [-0.3, -0.25) is 4.79 Å². The SMILES string of the molecule is C[C@@H](OC(=O)c1ccc(S(C)(=O)=O)cc1)C(=O)Nc1cc(Cl)ccc1Cl. The van der Waals surface area contributed by atoms with Crippen molar-refractivity contribution in [3.63, 3.8) is 0 Å². The first-order valence-electron chi connectivity index (χ1n) is 7.35. The van der Waals surface area contributed by atoms with E-state index in [1.54, 1.807) is 6.07 Å². The van der Waals surface area contributed by atoms with Crippen molar-refractivity contribution < 1.29 is 22.7 Å². The Kier molecular flexibility index (Phi) is 6.28. The highest BCUT2D eigenvalue weighted by Gasteiger charge is 2.20. The number of hydrogen-bond acceptors (Lipinski definition) is 5. The first-order chi connectivity index (χ1) is 12.1. The molecule has 0 fully saturated rings. The van der Waals surface area contributed by atoms with Crippen molar-refractivity contribution in [1.82, 2.24) is 0 Å². The molecule has 0 spiro atoms. The van der Waals surface area contributed by atoms with Crippen LogP contribution < -0.4 is 5.32 Å². The molecule has 0 heterocycles. The van der Waals surface area contributed by atoms with Gasteiger partial charge < -0.3 is 10.1 Å². The Morgan fingerprint density at radius 1 is 1.08 bits per heavy atom. The summed E-state index contributed by atoms with van der Waals surface area (Å²) < 4.78 is 27.9. The molecule has 0 bridgehead atoms. The van der Waals surface area contributed by atoms with Crippen molar-refractivity contribution in [2.24, 2.45) is 0 Å². The summed E-state index contributed by atoms with van der Waals surface area (Å²) in [5.74, 6) is -1.35. The van der Waals surface area contributed by atoms with Crippen LogP contribution in [0.15, 0.2) is 47.4 Å². The molecule has 2 aromatic carbocycles. The van der Waals surface area contributed by atoms with E-state index in [2.05, 4.69) is 5.32 Å².